The average Bonchev–Trinajstić information content (AvgIpc) is 2.46. The number of halogens is 2. The molecule has 0 amide bonds. The molecule has 0 bridgehead atoms. The van der Waals surface area contributed by atoms with Crippen molar-refractivity contribution in [2.75, 3.05) is 0 Å². The summed E-state index contributed by atoms with van der Waals surface area (Å²) >= 11 is 9.48. The van der Waals surface area contributed by atoms with Crippen LogP contribution in [0.1, 0.15) is 29.7 Å². The van der Waals surface area contributed by atoms with Crippen LogP contribution in [0, 0.1) is 11.3 Å². The highest BCUT2D eigenvalue weighted by Crippen LogP contribution is 2.29. The molecule has 0 radical (unpaired) electrons. The van der Waals surface area contributed by atoms with Gasteiger partial charge in [0.1, 0.15) is 12.4 Å². The second kappa shape index (κ2) is 6.95. The topological polar surface area (TPSA) is 53.2 Å². The van der Waals surface area contributed by atoms with Crippen LogP contribution in [0.2, 0.25) is 5.02 Å². The second-order valence-electron chi connectivity index (χ2n) is 4.56. The molecule has 0 fully saturated rings. The van der Waals surface area contributed by atoms with Gasteiger partial charge in [0, 0.05) is 20.6 Å². The largest absolute Gasteiger partial charge is 0.488 e. The van der Waals surface area contributed by atoms with Gasteiger partial charge >= 0.3 is 0 Å². The first-order chi connectivity index (χ1) is 10.0. The van der Waals surface area contributed by atoms with Gasteiger partial charge in [-0.25, -0.2) is 0 Å². The van der Waals surface area contributed by atoms with E-state index in [0.717, 1.165) is 10.0 Å². The van der Waals surface area contributed by atoms with Crippen LogP contribution in [-0.4, -0.2) is 5.11 Å². The zero-order valence-electron chi connectivity index (χ0n) is 11.3. The fourth-order valence-electron chi connectivity index (χ4n) is 1.87. The number of hydrogen-bond donors (Lipinski definition) is 1. The number of aliphatic hydroxyl groups is 1. The van der Waals surface area contributed by atoms with Gasteiger partial charge in [0.05, 0.1) is 17.7 Å². The average molecular weight is 367 g/mol. The van der Waals surface area contributed by atoms with Crippen molar-refractivity contribution in [3.05, 3.63) is 62.6 Å². The molecule has 0 aliphatic rings. The van der Waals surface area contributed by atoms with E-state index in [2.05, 4.69) is 15.9 Å². The predicted octanol–water partition coefficient (Wildman–Crippen LogP) is 4.61. The lowest BCUT2D eigenvalue weighted by Crippen LogP contribution is -2.01. The fraction of sp³-hybridized carbons (Fsp3) is 0.188. The van der Waals surface area contributed by atoms with Gasteiger partial charge in [-0.2, -0.15) is 5.26 Å². The summed E-state index contributed by atoms with van der Waals surface area (Å²) in [5.41, 5.74) is 2.00. The van der Waals surface area contributed by atoms with Crippen LogP contribution in [0.3, 0.4) is 0 Å². The molecule has 0 unspecified atom stereocenters. The standard InChI is InChI=1S/C16H13BrClNO2/c1-10(20)14-7-13(17)4-5-16(14)21-9-12-3-2-11(8-19)6-15(12)18/h2-7,10,20H,9H2,1H3/t10-/m0/s1. The molecule has 2 aromatic rings. The first-order valence-corrected chi connectivity index (χ1v) is 7.47. The number of rotatable bonds is 4. The summed E-state index contributed by atoms with van der Waals surface area (Å²) in [6.07, 6.45) is -0.631. The molecule has 0 aromatic heterocycles. The Morgan fingerprint density at radius 1 is 1.33 bits per heavy atom. The molecule has 1 atom stereocenters. The molecule has 21 heavy (non-hydrogen) atoms. The van der Waals surface area contributed by atoms with E-state index >= 15 is 0 Å². The lowest BCUT2D eigenvalue weighted by molar-refractivity contribution is 0.190. The van der Waals surface area contributed by atoms with Crippen molar-refractivity contribution in [2.45, 2.75) is 19.6 Å². The summed E-state index contributed by atoms with van der Waals surface area (Å²) in [5, 5.41) is 19.1. The van der Waals surface area contributed by atoms with Crippen LogP contribution < -0.4 is 4.74 Å². The van der Waals surface area contributed by atoms with Crippen LogP contribution in [0.15, 0.2) is 40.9 Å². The van der Waals surface area contributed by atoms with E-state index in [0.29, 0.717) is 21.9 Å². The van der Waals surface area contributed by atoms with Gasteiger partial charge in [-0.3, -0.25) is 0 Å². The SMILES string of the molecule is C[C@H](O)c1cc(Br)ccc1OCc1ccc(C#N)cc1Cl. The highest BCUT2D eigenvalue weighted by atomic mass is 79.9. The molecule has 0 saturated heterocycles. The number of nitriles is 1. The Morgan fingerprint density at radius 2 is 2.10 bits per heavy atom. The molecule has 0 spiro atoms. The smallest absolute Gasteiger partial charge is 0.125 e. The van der Waals surface area contributed by atoms with E-state index in [-0.39, 0.29) is 6.61 Å². The number of benzene rings is 2. The van der Waals surface area contributed by atoms with Crippen LogP contribution in [0.4, 0.5) is 0 Å². The van der Waals surface area contributed by atoms with E-state index in [1.54, 1.807) is 31.2 Å². The molecule has 108 valence electrons. The Bertz CT molecular complexity index is 695. The Labute approximate surface area is 136 Å². The van der Waals surface area contributed by atoms with Crippen LogP contribution in [-0.2, 0) is 6.61 Å². The lowest BCUT2D eigenvalue weighted by atomic mass is 10.1. The highest BCUT2D eigenvalue weighted by Gasteiger charge is 2.11. The predicted molar refractivity (Wildman–Crippen MR) is 85.3 cm³/mol. The molecule has 2 aromatic carbocycles. The van der Waals surface area contributed by atoms with E-state index in [4.69, 9.17) is 21.6 Å². The summed E-state index contributed by atoms with van der Waals surface area (Å²) < 4.78 is 6.62. The Hall–Kier alpha value is -1.54. The van der Waals surface area contributed by atoms with Gasteiger partial charge in [-0.05, 0) is 37.3 Å². The molecule has 2 rings (SSSR count). The van der Waals surface area contributed by atoms with Crippen LogP contribution in [0.5, 0.6) is 5.75 Å². The summed E-state index contributed by atoms with van der Waals surface area (Å²) in [6.45, 7) is 1.95. The van der Waals surface area contributed by atoms with E-state index in [1.165, 1.54) is 0 Å². The Morgan fingerprint density at radius 3 is 2.71 bits per heavy atom. The minimum Gasteiger partial charge on any atom is -0.488 e. The second-order valence-corrected chi connectivity index (χ2v) is 5.89. The number of ether oxygens (including phenoxy) is 1. The normalized spacial score (nSPS) is 11.8. The molecule has 0 aliphatic carbocycles. The first-order valence-electron chi connectivity index (χ1n) is 6.30. The van der Waals surface area contributed by atoms with E-state index < -0.39 is 6.10 Å². The number of aliphatic hydroxyl groups excluding tert-OH is 1. The van der Waals surface area contributed by atoms with Crippen molar-refractivity contribution in [3.8, 4) is 11.8 Å². The van der Waals surface area contributed by atoms with Crippen molar-refractivity contribution in [1.29, 1.82) is 5.26 Å². The molecule has 5 heteroatoms. The third kappa shape index (κ3) is 3.98. The van der Waals surface area contributed by atoms with Gasteiger partial charge < -0.3 is 9.84 Å². The molecule has 1 N–H and O–H groups in total. The zero-order chi connectivity index (χ0) is 15.4. The first kappa shape index (κ1) is 15.8. The monoisotopic (exact) mass is 365 g/mol. The third-order valence-electron chi connectivity index (χ3n) is 2.99. The summed E-state index contributed by atoms with van der Waals surface area (Å²) in [6, 6.07) is 12.6. The quantitative estimate of drug-likeness (QED) is 0.860. The third-order valence-corrected chi connectivity index (χ3v) is 3.83. The highest BCUT2D eigenvalue weighted by molar-refractivity contribution is 9.10. The van der Waals surface area contributed by atoms with Crippen LogP contribution in [0.25, 0.3) is 0 Å². The molecule has 3 nitrogen and oxygen atoms in total. The maximum absolute atomic E-state index is 9.79. The summed E-state index contributed by atoms with van der Waals surface area (Å²) in [4.78, 5) is 0. The molecule has 0 saturated carbocycles. The molecule has 0 heterocycles. The van der Waals surface area contributed by atoms with Crippen molar-refractivity contribution in [3.63, 3.8) is 0 Å². The van der Waals surface area contributed by atoms with Crippen molar-refractivity contribution in [1.82, 2.24) is 0 Å². The molecular formula is C16H13BrClNO2. The Balaban J connectivity index is 2.19. The van der Waals surface area contributed by atoms with Gasteiger partial charge in [0.15, 0.2) is 0 Å². The summed E-state index contributed by atoms with van der Waals surface area (Å²) in [5.74, 6) is 0.605. The van der Waals surface area contributed by atoms with Crippen molar-refractivity contribution < 1.29 is 9.84 Å². The summed E-state index contributed by atoms with van der Waals surface area (Å²) in [7, 11) is 0. The number of hydrogen-bond acceptors (Lipinski definition) is 3. The fourth-order valence-corrected chi connectivity index (χ4v) is 2.48. The molecular weight excluding hydrogens is 354 g/mol. The van der Waals surface area contributed by atoms with Gasteiger partial charge in [-0.1, -0.05) is 33.6 Å². The molecule has 0 aliphatic heterocycles. The van der Waals surface area contributed by atoms with Crippen molar-refractivity contribution in [2.24, 2.45) is 0 Å². The maximum Gasteiger partial charge on any atom is 0.125 e. The van der Waals surface area contributed by atoms with Crippen molar-refractivity contribution >= 4 is 27.5 Å². The van der Waals surface area contributed by atoms with E-state index in [9.17, 15) is 5.11 Å². The Kier molecular flexibility index (Phi) is 5.24. The number of nitrogens with zero attached hydrogens (tertiary/aromatic N) is 1. The van der Waals surface area contributed by atoms with Gasteiger partial charge in [-0.15, -0.1) is 0 Å². The lowest BCUT2D eigenvalue weighted by Gasteiger charge is -2.14. The van der Waals surface area contributed by atoms with E-state index in [1.807, 2.05) is 18.2 Å². The van der Waals surface area contributed by atoms with Gasteiger partial charge in [0.2, 0.25) is 0 Å². The minimum atomic E-state index is -0.631. The zero-order valence-corrected chi connectivity index (χ0v) is 13.6. The minimum absolute atomic E-state index is 0.270. The maximum atomic E-state index is 9.79. The van der Waals surface area contributed by atoms with Crippen LogP contribution >= 0.6 is 27.5 Å². The van der Waals surface area contributed by atoms with Gasteiger partial charge in [0.25, 0.3) is 0 Å².